The van der Waals surface area contributed by atoms with Gasteiger partial charge in [0.05, 0.1) is 17.9 Å². The summed E-state index contributed by atoms with van der Waals surface area (Å²) < 4.78 is 5.01. The third kappa shape index (κ3) is 3.86. The molecule has 21 heavy (non-hydrogen) atoms. The fourth-order valence-electron chi connectivity index (χ4n) is 2.94. The SMILES string of the molecule is CCOC(=O)c1ccnc(NC(C)C2CCCCC2)c1N. The lowest BCUT2D eigenvalue weighted by atomic mass is 9.84. The van der Waals surface area contributed by atoms with Crippen LogP contribution in [0.4, 0.5) is 11.5 Å². The van der Waals surface area contributed by atoms with E-state index in [4.69, 9.17) is 10.5 Å². The molecule has 1 heterocycles. The van der Waals surface area contributed by atoms with Crippen LogP contribution in [-0.4, -0.2) is 23.6 Å². The summed E-state index contributed by atoms with van der Waals surface area (Å²) in [4.78, 5) is 16.1. The lowest BCUT2D eigenvalue weighted by Gasteiger charge is -2.29. The van der Waals surface area contributed by atoms with Crippen LogP contribution < -0.4 is 11.1 Å². The molecular weight excluding hydrogens is 266 g/mol. The number of hydrogen-bond donors (Lipinski definition) is 2. The molecule has 1 aromatic heterocycles. The van der Waals surface area contributed by atoms with E-state index in [1.165, 1.54) is 32.1 Å². The third-order valence-electron chi connectivity index (χ3n) is 4.21. The Hall–Kier alpha value is -1.78. The monoisotopic (exact) mass is 291 g/mol. The molecule has 5 heteroatoms. The summed E-state index contributed by atoms with van der Waals surface area (Å²) in [5, 5.41) is 3.37. The Morgan fingerprint density at radius 1 is 1.48 bits per heavy atom. The Balaban J connectivity index is 2.09. The molecule has 1 aromatic rings. The van der Waals surface area contributed by atoms with Gasteiger partial charge in [-0.3, -0.25) is 0 Å². The van der Waals surface area contributed by atoms with Crippen molar-refractivity contribution in [2.75, 3.05) is 17.7 Å². The van der Waals surface area contributed by atoms with Gasteiger partial charge < -0.3 is 15.8 Å². The lowest BCUT2D eigenvalue weighted by molar-refractivity contribution is 0.0527. The predicted octanol–water partition coefficient (Wildman–Crippen LogP) is 3.22. The number of esters is 1. The van der Waals surface area contributed by atoms with Gasteiger partial charge in [0.1, 0.15) is 5.82 Å². The second kappa shape index (κ2) is 7.29. The van der Waals surface area contributed by atoms with Gasteiger partial charge in [-0.05, 0) is 38.7 Å². The van der Waals surface area contributed by atoms with E-state index in [2.05, 4.69) is 17.2 Å². The Kier molecular flexibility index (Phi) is 5.42. The Morgan fingerprint density at radius 3 is 2.86 bits per heavy atom. The van der Waals surface area contributed by atoms with E-state index in [-0.39, 0.29) is 0 Å². The van der Waals surface area contributed by atoms with Gasteiger partial charge in [-0.25, -0.2) is 9.78 Å². The molecule has 0 saturated heterocycles. The van der Waals surface area contributed by atoms with E-state index in [1.54, 1.807) is 19.2 Å². The molecule has 0 aliphatic heterocycles. The van der Waals surface area contributed by atoms with Crippen molar-refractivity contribution in [2.24, 2.45) is 5.92 Å². The van der Waals surface area contributed by atoms with Crippen molar-refractivity contribution in [2.45, 2.75) is 52.0 Å². The van der Waals surface area contributed by atoms with E-state index in [0.29, 0.717) is 35.6 Å². The molecule has 3 N–H and O–H groups in total. The van der Waals surface area contributed by atoms with Crippen molar-refractivity contribution in [1.82, 2.24) is 4.98 Å². The number of nitrogens with two attached hydrogens (primary N) is 1. The number of anilines is 2. The first-order chi connectivity index (χ1) is 10.1. The first-order valence-corrected chi connectivity index (χ1v) is 7.81. The normalized spacial score (nSPS) is 17.2. The van der Waals surface area contributed by atoms with Gasteiger partial charge >= 0.3 is 5.97 Å². The van der Waals surface area contributed by atoms with E-state index >= 15 is 0 Å². The molecule has 116 valence electrons. The average Bonchev–Trinajstić information content (AvgIpc) is 2.50. The van der Waals surface area contributed by atoms with E-state index in [9.17, 15) is 4.79 Å². The maximum absolute atomic E-state index is 11.8. The van der Waals surface area contributed by atoms with Gasteiger partial charge in [0.15, 0.2) is 0 Å². The van der Waals surface area contributed by atoms with Crippen molar-refractivity contribution in [3.05, 3.63) is 17.8 Å². The summed E-state index contributed by atoms with van der Waals surface area (Å²) in [5.74, 6) is 0.829. The fraction of sp³-hybridized carbons (Fsp3) is 0.625. The number of nitrogens with zero attached hydrogens (tertiary/aromatic N) is 1. The van der Waals surface area contributed by atoms with Crippen LogP contribution in [0.5, 0.6) is 0 Å². The number of nitrogens with one attached hydrogen (secondary N) is 1. The highest BCUT2D eigenvalue weighted by Crippen LogP contribution is 2.29. The van der Waals surface area contributed by atoms with Crippen molar-refractivity contribution in [1.29, 1.82) is 0 Å². The topological polar surface area (TPSA) is 77.2 Å². The number of aromatic nitrogens is 1. The van der Waals surface area contributed by atoms with E-state index < -0.39 is 5.97 Å². The standard InChI is InChI=1S/C16H25N3O2/c1-3-21-16(20)13-9-10-18-15(14(13)17)19-11(2)12-7-5-4-6-8-12/h9-12H,3-8,17H2,1-2H3,(H,18,19). The lowest BCUT2D eigenvalue weighted by Crippen LogP contribution is -2.28. The highest BCUT2D eigenvalue weighted by molar-refractivity contribution is 5.97. The molecule has 2 rings (SSSR count). The molecule has 1 saturated carbocycles. The van der Waals surface area contributed by atoms with Gasteiger partial charge in [-0.1, -0.05) is 19.3 Å². The zero-order valence-electron chi connectivity index (χ0n) is 12.9. The number of hydrogen-bond acceptors (Lipinski definition) is 5. The van der Waals surface area contributed by atoms with Crippen LogP contribution in [0.25, 0.3) is 0 Å². The maximum Gasteiger partial charge on any atom is 0.340 e. The van der Waals surface area contributed by atoms with Gasteiger partial charge in [-0.2, -0.15) is 0 Å². The Labute approximate surface area is 126 Å². The number of rotatable bonds is 5. The zero-order chi connectivity index (χ0) is 15.2. The Morgan fingerprint density at radius 2 is 2.19 bits per heavy atom. The van der Waals surface area contributed by atoms with Gasteiger partial charge in [0.2, 0.25) is 0 Å². The van der Waals surface area contributed by atoms with Crippen molar-refractivity contribution >= 4 is 17.5 Å². The van der Waals surface area contributed by atoms with Crippen LogP contribution in [0.15, 0.2) is 12.3 Å². The molecule has 0 spiro atoms. The van der Waals surface area contributed by atoms with E-state index in [0.717, 1.165) is 0 Å². The number of carbonyl (C=O) groups is 1. The molecule has 0 aromatic carbocycles. The van der Waals surface area contributed by atoms with Crippen LogP contribution >= 0.6 is 0 Å². The minimum absolute atomic E-state index is 0.303. The smallest absolute Gasteiger partial charge is 0.340 e. The fourth-order valence-corrected chi connectivity index (χ4v) is 2.94. The number of ether oxygens (including phenoxy) is 1. The second-order valence-electron chi connectivity index (χ2n) is 5.67. The van der Waals surface area contributed by atoms with Crippen LogP contribution in [0.2, 0.25) is 0 Å². The third-order valence-corrected chi connectivity index (χ3v) is 4.21. The van der Waals surface area contributed by atoms with Crippen LogP contribution in [0.3, 0.4) is 0 Å². The number of pyridine rings is 1. The second-order valence-corrected chi connectivity index (χ2v) is 5.67. The summed E-state index contributed by atoms with van der Waals surface area (Å²) in [6, 6.07) is 1.90. The summed E-state index contributed by atoms with van der Waals surface area (Å²) in [5.41, 5.74) is 6.82. The average molecular weight is 291 g/mol. The highest BCUT2D eigenvalue weighted by Gasteiger charge is 2.22. The molecule has 1 aliphatic rings. The molecule has 0 amide bonds. The molecule has 0 bridgehead atoms. The maximum atomic E-state index is 11.8. The largest absolute Gasteiger partial charge is 0.462 e. The molecular formula is C16H25N3O2. The summed E-state index contributed by atoms with van der Waals surface area (Å²) in [6.45, 7) is 4.27. The summed E-state index contributed by atoms with van der Waals surface area (Å²) in [7, 11) is 0. The Bertz CT molecular complexity index is 484. The summed E-state index contributed by atoms with van der Waals surface area (Å²) in [6.07, 6.45) is 8.00. The number of nitrogen functional groups attached to an aromatic ring is 1. The molecule has 1 fully saturated rings. The van der Waals surface area contributed by atoms with Crippen molar-refractivity contribution in [3.8, 4) is 0 Å². The predicted molar refractivity (Wildman–Crippen MR) is 84.3 cm³/mol. The summed E-state index contributed by atoms with van der Waals surface area (Å²) >= 11 is 0. The quantitative estimate of drug-likeness (QED) is 0.814. The molecule has 1 atom stereocenters. The van der Waals surface area contributed by atoms with Crippen LogP contribution in [0, 0.1) is 5.92 Å². The van der Waals surface area contributed by atoms with Gasteiger partial charge in [-0.15, -0.1) is 0 Å². The minimum Gasteiger partial charge on any atom is -0.462 e. The van der Waals surface area contributed by atoms with Crippen molar-refractivity contribution < 1.29 is 9.53 Å². The molecule has 0 radical (unpaired) electrons. The molecule has 1 aliphatic carbocycles. The van der Waals surface area contributed by atoms with Gasteiger partial charge in [0, 0.05) is 12.2 Å². The molecule has 1 unspecified atom stereocenters. The molecule has 5 nitrogen and oxygen atoms in total. The zero-order valence-corrected chi connectivity index (χ0v) is 12.9. The highest BCUT2D eigenvalue weighted by atomic mass is 16.5. The first kappa shape index (κ1) is 15.6. The van der Waals surface area contributed by atoms with Crippen LogP contribution in [0.1, 0.15) is 56.3 Å². The minimum atomic E-state index is -0.397. The van der Waals surface area contributed by atoms with Gasteiger partial charge in [0.25, 0.3) is 0 Å². The number of carbonyl (C=O) groups excluding carboxylic acids is 1. The first-order valence-electron chi connectivity index (χ1n) is 7.81. The van der Waals surface area contributed by atoms with Crippen LogP contribution in [-0.2, 0) is 4.74 Å². The van der Waals surface area contributed by atoms with Crippen molar-refractivity contribution in [3.63, 3.8) is 0 Å². The van der Waals surface area contributed by atoms with E-state index in [1.807, 2.05) is 0 Å².